The predicted octanol–water partition coefficient (Wildman–Crippen LogP) is 1.17. The zero-order valence-corrected chi connectivity index (χ0v) is 11.1. The number of amides is 1. The van der Waals surface area contributed by atoms with Crippen LogP contribution in [0.25, 0.3) is 0 Å². The highest BCUT2D eigenvalue weighted by Crippen LogP contribution is 2.36. The van der Waals surface area contributed by atoms with E-state index in [2.05, 4.69) is 15.9 Å². The average Bonchev–Trinajstić information content (AvgIpc) is 2.27. The van der Waals surface area contributed by atoms with E-state index in [1.54, 1.807) is 6.07 Å². The molecular weight excluding hydrogens is 288 g/mol. The standard InChI is InChI=1S/C11H15BrN2O3/c1-2-16-9-4-7(5-13)3-8(12)11(9)17-6-10(14)15/h3-4H,2,5-6,13H2,1H3,(H2,14,15). The number of carbonyl (C=O) groups is 1. The smallest absolute Gasteiger partial charge is 0.255 e. The molecule has 0 heterocycles. The summed E-state index contributed by atoms with van der Waals surface area (Å²) in [5, 5.41) is 0. The van der Waals surface area contributed by atoms with Gasteiger partial charge in [0, 0.05) is 6.54 Å². The minimum absolute atomic E-state index is 0.194. The van der Waals surface area contributed by atoms with Gasteiger partial charge in [-0.2, -0.15) is 0 Å². The number of carbonyl (C=O) groups excluding carboxylic acids is 1. The van der Waals surface area contributed by atoms with Gasteiger partial charge in [0.15, 0.2) is 18.1 Å². The average molecular weight is 303 g/mol. The van der Waals surface area contributed by atoms with Gasteiger partial charge in [-0.25, -0.2) is 0 Å². The van der Waals surface area contributed by atoms with E-state index in [4.69, 9.17) is 20.9 Å². The van der Waals surface area contributed by atoms with E-state index in [0.29, 0.717) is 29.1 Å². The van der Waals surface area contributed by atoms with Crippen LogP contribution >= 0.6 is 15.9 Å². The van der Waals surface area contributed by atoms with Crippen LogP contribution in [0.4, 0.5) is 0 Å². The summed E-state index contributed by atoms with van der Waals surface area (Å²) in [6, 6.07) is 3.60. The van der Waals surface area contributed by atoms with Crippen molar-refractivity contribution in [2.24, 2.45) is 11.5 Å². The van der Waals surface area contributed by atoms with Crippen molar-refractivity contribution in [1.29, 1.82) is 0 Å². The molecule has 6 heteroatoms. The summed E-state index contributed by atoms with van der Waals surface area (Å²) < 4.78 is 11.4. The number of primary amides is 1. The highest BCUT2D eigenvalue weighted by Gasteiger charge is 2.12. The van der Waals surface area contributed by atoms with Gasteiger partial charge in [-0.1, -0.05) is 0 Å². The fraction of sp³-hybridized carbons (Fsp3) is 0.364. The van der Waals surface area contributed by atoms with Crippen LogP contribution in [0.1, 0.15) is 12.5 Å². The Morgan fingerprint density at radius 2 is 2.12 bits per heavy atom. The van der Waals surface area contributed by atoms with E-state index < -0.39 is 5.91 Å². The van der Waals surface area contributed by atoms with E-state index in [1.165, 1.54) is 0 Å². The first-order valence-electron chi connectivity index (χ1n) is 5.14. The molecule has 1 aromatic rings. The first-order chi connectivity index (χ1) is 8.08. The molecule has 0 unspecified atom stereocenters. The second-order valence-corrected chi connectivity index (χ2v) is 4.15. The summed E-state index contributed by atoms with van der Waals surface area (Å²) in [6.45, 7) is 2.56. The van der Waals surface area contributed by atoms with Crippen molar-refractivity contribution in [2.45, 2.75) is 13.5 Å². The number of rotatable bonds is 6. The van der Waals surface area contributed by atoms with Crippen molar-refractivity contribution < 1.29 is 14.3 Å². The van der Waals surface area contributed by atoms with Gasteiger partial charge in [0.25, 0.3) is 5.91 Å². The van der Waals surface area contributed by atoms with E-state index in [1.807, 2.05) is 13.0 Å². The highest BCUT2D eigenvalue weighted by molar-refractivity contribution is 9.10. The van der Waals surface area contributed by atoms with Crippen LogP contribution in [0.15, 0.2) is 16.6 Å². The summed E-state index contributed by atoms with van der Waals surface area (Å²) in [4.78, 5) is 10.7. The molecule has 94 valence electrons. The van der Waals surface area contributed by atoms with Gasteiger partial charge in [0.1, 0.15) is 0 Å². The number of hydrogen-bond donors (Lipinski definition) is 2. The zero-order chi connectivity index (χ0) is 12.8. The van der Waals surface area contributed by atoms with Crippen LogP contribution in [-0.2, 0) is 11.3 Å². The lowest BCUT2D eigenvalue weighted by atomic mass is 10.2. The first kappa shape index (κ1) is 13.8. The maximum absolute atomic E-state index is 10.7. The lowest BCUT2D eigenvalue weighted by Crippen LogP contribution is -2.20. The summed E-state index contributed by atoms with van der Waals surface area (Å²) in [5.41, 5.74) is 11.5. The van der Waals surface area contributed by atoms with Crippen molar-refractivity contribution in [3.05, 3.63) is 22.2 Å². The number of halogens is 1. The second-order valence-electron chi connectivity index (χ2n) is 3.30. The lowest BCUT2D eigenvalue weighted by molar-refractivity contribution is -0.119. The topological polar surface area (TPSA) is 87.6 Å². The molecule has 0 saturated carbocycles. The predicted molar refractivity (Wildman–Crippen MR) is 67.9 cm³/mol. The molecule has 0 spiro atoms. The molecule has 0 saturated heterocycles. The molecule has 1 amide bonds. The molecule has 0 aliphatic carbocycles. The number of benzene rings is 1. The van der Waals surface area contributed by atoms with Crippen molar-refractivity contribution >= 4 is 21.8 Å². The van der Waals surface area contributed by atoms with E-state index in [0.717, 1.165) is 5.56 Å². The first-order valence-corrected chi connectivity index (χ1v) is 5.94. The molecule has 0 aliphatic heterocycles. The lowest BCUT2D eigenvalue weighted by Gasteiger charge is -2.14. The maximum atomic E-state index is 10.7. The summed E-state index contributed by atoms with van der Waals surface area (Å²) in [7, 11) is 0. The monoisotopic (exact) mass is 302 g/mol. The molecule has 1 rings (SSSR count). The van der Waals surface area contributed by atoms with Gasteiger partial charge in [0.2, 0.25) is 0 Å². The van der Waals surface area contributed by atoms with E-state index in [-0.39, 0.29) is 6.61 Å². The molecule has 0 radical (unpaired) electrons. The van der Waals surface area contributed by atoms with Gasteiger partial charge in [-0.3, -0.25) is 4.79 Å². The Kier molecular flexibility index (Phi) is 5.24. The Bertz CT molecular complexity index is 410. The maximum Gasteiger partial charge on any atom is 0.255 e. The van der Waals surface area contributed by atoms with Gasteiger partial charge >= 0.3 is 0 Å². The van der Waals surface area contributed by atoms with Crippen LogP contribution in [-0.4, -0.2) is 19.1 Å². The minimum Gasteiger partial charge on any atom is -0.490 e. The molecular formula is C11H15BrN2O3. The van der Waals surface area contributed by atoms with Crippen LogP contribution in [0, 0.1) is 0 Å². The van der Waals surface area contributed by atoms with Crippen molar-refractivity contribution in [1.82, 2.24) is 0 Å². The van der Waals surface area contributed by atoms with E-state index in [9.17, 15) is 4.79 Å². The summed E-state index contributed by atoms with van der Waals surface area (Å²) >= 11 is 3.35. The molecule has 0 fully saturated rings. The third-order valence-electron chi connectivity index (χ3n) is 1.96. The van der Waals surface area contributed by atoms with Gasteiger partial charge in [-0.15, -0.1) is 0 Å². The molecule has 0 aromatic heterocycles. The quantitative estimate of drug-likeness (QED) is 0.826. The SMILES string of the molecule is CCOc1cc(CN)cc(Br)c1OCC(N)=O. The molecule has 1 aromatic carbocycles. The van der Waals surface area contributed by atoms with Gasteiger partial charge in [-0.05, 0) is 40.5 Å². The fourth-order valence-corrected chi connectivity index (χ4v) is 1.89. The summed E-state index contributed by atoms with van der Waals surface area (Å²) in [6.07, 6.45) is 0. The third-order valence-corrected chi connectivity index (χ3v) is 2.55. The Labute approximate surface area is 108 Å². The largest absolute Gasteiger partial charge is 0.490 e. The number of hydrogen-bond acceptors (Lipinski definition) is 4. The number of ether oxygens (including phenoxy) is 2. The van der Waals surface area contributed by atoms with Crippen molar-refractivity contribution in [2.75, 3.05) is 13.2 Å². The van der Waals surface area contributed by atoms with Crippen molar-refractivity contribution in [3.8, 4) is 11.5 Å². The summed E-state index contributed by atoms with van der Waals surface area (Å²) in [5.74, 6) is 0.466. The highest BCUT2D eigenvalue weighted by atomic mass is 79.9. The minimum atomic E-state index is -0.540. The Morgan fingerprint density at radius 1 is 1.41 bits per heavy atom. The Balaban J connectivity index is 3.02. The van der Waals surface area contributed by atoms with Crippen LogP contribution in [0.5, 0.6) is 11.5 Å². The third kappa shape index (κ3) is 3.90. The van der Waals surface area contributed by atoms with Gasteiger partial charge in [0.05, 0.1) is 11.1 Å². The van der Waals surface area contributed by atoms with Crippen molar-refractivity contribution in [3.63, 3.8) is 0 Å². The van der Waals surface area contributed by atoms with Crippen LogP contribution < -0.4 is 20.9 Å². The van der Waals surface area contributed by atoms with E-state index >= 15 is 0 Å². The number of nitrogens with two attached hydrogens (primary N) is 2. The second kappa shape index (κ2) is 6.46. The molecule has 0 bridgehead atoms. The normalized spacial score (nSPS) is 10.1. The fourth-order valence-electron chi connectivity index (χ4n) is 1.29. The Morgan fingerprint density at radius 3 is 2.65 bits per heavy atom. The zero-order valence-electron chi connectivity index (χ0n) is 9.53. The molecule has 5 nitrogen and oxygen atoms in total. The molecule has 4 N–H and O–H groups in total. The van der Waals surface area contributed by atoms with Crippen LogP contribution in [0.2, 0.25) is 0 Å². The Hall–Kier alpha value is -1.27. The van der Waals surface area contributed by atoms with Gasteiger partial charge < -0.3 is 20.9 Å². The molecule has 0 atom stereocenters. The molecule has 0 aliphatic rings. The molecule has 17 heavy (non-hydrogen) atoms. The van der Waals surface area contributed by atoms with Crippen LogP contribution in [0.3, 0.4) is 0 Å².